The van der Waals surface area contributed by atoms with Gasteiger partial charge < -0.3 is 15.0 Å². The van der Waals surface area contributed by atoms with Crippen molar-refractivity contribution in [2.45, 2.75) is 25.8 Å². The number of ether oxygens (including phenoxy) is 1. The molecule has 20 heavy (non-hydrogen) atoms. The molecule has 0 saturated carbocycles. The smallest absolute Gasteiger partial charge is 0.201 e. The maximum absolute atomic E-state index is 11.5. The Morgan fingerprint density at radius 2 is 2.20 bits per heavy atom. The van der Waals surface area contributed by atoms with Crippen molar-refractivity contribution in [3.8, 4) is 5.75 Å². The molecule has 108 valence electrons. The van der Waals surface area contributed by atoms with Gasteiger partial charge in [-0.3, -0.25) is 4.21 Å². The van der Waals surface area contributed by atoms with Crippen LogP contribution in [0.15, 0.2) is 18.2 Å². The number of nitrogens with zero attached hydrogens (tertiary/aromatic N) is 2. The van der Waals surface area contributed by atoms with E-state index in [1.165, 1.54) is 0 Å². The molecule has 1 aromatic heterocycles. The van der Waals surface area contributed by atoms with E-state index >= 15 is 0 Å². The monoisotopic (exact) mass is 293 g/mol. The number of benzene rings is 1. The predicted molar refractivity (Wildman–Crippen MR) is 81.5 cm³/mol. The molecule has 0 radical (unpaired) electrons. The Morgan fingerprint density at radius 3 is 2.90 bits per heavy atom. The topological polar surface area (TPSA) is 70.1 Å². The molecular weight excluding hydrogens is 274 g/mol. The molecule has 0 aliphatic carbocycles. The van der Waals surface area contributed by atoms with Gasteiger partial charge >= 0.3 is 0 Å². The number of para-hydroxylation sites is 1. The molecule has 2 N–H and O–H groups in total. The highest BCUT2D eigenvalue weighted by Gasteiger charge is 2.23. The first-order valence-electron chi connectivity index (χ1n) is 6.95. The number of rotatable bonds is 3. The minimum atomic E-state index is -0.670. The molecule has 5 nitrogen and oxygen atoms in total. The van der Waals surface area contributed by atoms with Gasteiger partial charge in [-0.25, -0.2) is 4.98 Å². The molecular formula is C14H19N3O2S. The second-order valence-electron chi connectivity index (χ2n) is 4.98. The predicted octanol–water partition coefficient (Wildman–Crippen LogP) is 2.10. The van der Waals surface area contributed by atoms with Crippen LogP contribution < -0.4 is 10.5 Å². The quantitative estimate of drug-likeness (QED) is 0.941. The van der Waals surface area contributed by atoms with E-state index in [1.54, 1.807) is 0 Å². The van der Waals surface area contributed by atoms with Gasteiger partial charge in [0, 0.05) is 28.3 Å². The molecule has 0 spiro atoms. The van der Waals surface area contributed by atoms with Gasteiger partial charge in [-0.15, -0.1) is 0 Å². The van der Waals surface area contributed by atoms with Crippen LogP contribution in [0.2, 0.25) is 0 Å². The zero-order chi connectivity index (χ0) is 14.1. The molecule has 2 heterocycles. The fraction of sp³-hybridized carbons (Fsp3) is 0.500. The first-order valence-corrected chi connectivity index (χ1v) is 8.43. The summed E-state index contributed by atoms with van der Waals surface area (Å²) >= 11 is 0. The molecule has 3 rings (SSSR count). The van der Waals surface area contributed by atoms with E-state index in [0.717, 1.165) is 41.1 Å². The lowest BCUT2D eigenvalue weighted by Crippen LogP contribution is -2.22. The number of imidazole rings is 1. The minimum Gasteiger partial charge on any atom is -0.492 e. The molecule has 1 aromatic carbocycles. The molecule has 0 atom stereocenters. The average molecular weight is 293 g/mol. The molecule has 0 unspecified atom stereocenters. The van der Waals surface area contributed by atoms with Gasteiger partial charge in [0.05, 0.1) is 12.1 Å². The zero-order valence-corrected chi connectivity index (χ0v) is 12.4. The Kier molecular flexibility index (Phi) is 3.65. The van der Waals surface area contributed by atoms with E-state index in [-0.39, 0.29) is 6.04 Å². The van der Waals surface area contributed by atoms with E-state index in [4.69, 9.17) is 10.5 Å². The van der Waals surface area contributed by atoms with Crippen molar-refractivity contribution in [3.63, 3.8) is 0 Å². The molecule has 1 saturated heterocycles. The Hall–Kier alpha value is -1.56. The molecule has 1 fully saturated rings. The van der Waals surface area contributed by atoms with Gasteiger partial charge in [-0.1, -0.05) is 6.07 Å². The highest BCUT2D eigenvalue weighted by Crippen LogP contribution is 2.33. The first-order chi connectivity index (χ1) is 9.70. The van der Waals surface area contributed by atoms with Crippen LogP contribution in [0.5, 0.6) is 5.75 Å². The molecule has 0 bridgehead atoms. The van der Waals surface area contributed by atoms with Gasteiger partial charge in [0.25, 0.3) is 0 Å². The maximum atomic E-state index is 11.5. The largest absolute Gasteiger partial charge is 0.492 e. The summed E-state index contributed by atoms with van der Waals surface area (Å²) < 4.78 is 19.2. The van der Waals surface area contributed by atoms with Gasteiger partial charge in [-0.2, -0.15) is 0 Å². The number of fused-ring (bicyclic) bond motifs is 1. The first kappa shape index (κ1) is 13.4. The minimum absolute atomic E-state index is 0.287. The van der Waals surface area contributed by atoms with Gasteiger partial charge in [0.2, 0.25) is 5.95 Å². The van der Waals surface area contributed by atoms with E-state index in [0.29, 0.717) is 12.6 Å². The van der Waals surface area contributed by atoms with Crippen LogP contribution in [0.25, 0.3) is 11.0 Å². The van der Waals surface area contributed by atoms with Crippen LogP contribution >= 0.6 is 0 Å². The number of hydrogen-bond acceptors (Lipinski definition) is 4. The highest BCUT2D eigenvalue weighted by molar-refractivity contribution is 7.85. The third-order valence-corrected chi connectivity index (χ3v) is 5.11. The van der Waals surface area contributed by atoms with Crippen LogP contribution in [0.1, 0.15) is 25.8 Å². The summed E-state index contributed by atoms with van der Waals surface area (Å²) in [5, 5.41) is 0. The van der Waals surface area contributed by atoms with Crippen molar-refractivity contribution in [3.05, 3.63) is 18.2 Å². The highest BCUT2D eigenvalue weighted by atomic mass is 32.2. The summed E-state index contributed by atoms with van der Waals surface area (Å²) in [6.45, 7) is 2.56. The van der Waals surface area contributed by atoms with Gasteiger partial charge in [0.1, 0.15) is 11.3 Å². The number of nitrogens with two attached hydrogens (primary N) is 1. The summed E-state index contributed by atoms with van der Waals surface area (Å²) in [6, 6.07) is 6.19. The van der Waals surface area contributed by atoms with Gasteiger partial charge in [0.15, 0.2) is 0 Å². The number of nitrogen functional groups attached to an aromatic ring is 1. The van der Waals surface area contributed by atoms with Crippen LogP contribution in [-0.2, 0) is 10.8 Å². The zero-order valence-electron chi connectivity index (χ0n) is 11.5. The molecule has 6 heteroatoms. The SMILES string of the molecule is CCOc1cccc2c1nc(N)n2C1CCS(=O)CC1. The van der Waals surface area contributed by atoms with E-state index in [2.05, 4.69) is 9.55 Å². The summed E-state index contributed by atoms with van der Waals surface area (Å²) in [5.41, 5.74) is 7.93. The van der Waals surface area contributed by atoms with Crippen molar-refractivity contribution in [1.29, 1.82) is 0 Å². The van der Waals surface area contributed by atoms with Crippen LogP contribution in [0.3, 0.4) is 0 Å². The van der Waals surface area contributed by atoms with Crippen LogP contribution in [0.4, 0.5) is 5.95 Å². The molecule has 1 aliphatic rings. The normalized spacial score (nSPS) is 23.1. The lowest BCUT2D eigenvalue weighted by atomic mass is 10.1. The lowest BCUT2D eigenvalue weighted by Gasteiger charge is -2.24. The third-order valence-electron chi connectivity index (χ3n) is 3.73. The van der Waals surface area contributed by atoms with Crippen LogP contribution in [0, 0.1) is 0 Å². The summed E-state index contributed by atoms with van der Waals surface area (Å²) in [7, 11) is -0.670. The maximum Gasteiger partial charge on any atom is 0.201 e. The Bertz CT molecular complexity index is 643. The Morgan fingerprint density at radius 1 is 1.45 bits per heavy atom. The lowest BCUT2D eigenvalue weighted by molar-refractivity contribution is 0.343. The number of aromatic nitrogens is 2. The van der Waals surface area contributed by atoms with Crippen molar-refractivity contribution in [2.75, 3.05) is 23.8 Å². The molecule has 2 aromatic rings. The van der Waals surface area contributed by atoms with E-state index in [1.807, 2.05) is 25.1 Å². The second-order valence-corrected chi connectivity index (χ2v) is 6.67. The Labute approximate surface area is 120 Å². The summed E-state index contributed by atoms with van der Waals surface area (Å²) in [5.74, 6) is 2.78. The number of hydrogen-bond donors (Lipinski definition) is 1. The average Bonchev–Trinajstić information content (AvgIpc) is 2.78. The van der Waals surface area contributed by atoms with Gasteiger partial charge in [-0.05, 0) is 31.9 Å². The van der Waals surface area contributed by atoms with Crippen molar-refractivity contribution >= 4 is 27.8 Å². The Balaban J connectivity index is 2.04. The van der Waals surface area contributed by atoms with Crippen LogP contribution in [-0.4, -0.2) is 31.9 Å². The summed E-state index contributed by atoms with van der Waals surface area (Å²) in [4.78, 5) is 4.47. The number of anilines is 1. The van der Waals surface area contributed by atoms with Crippen molar-refractivity contribution in [2.24, 2.45) is 0 Å². The summed E-state index contributed by atoms with van der Waals surface area (Å²) in [6.07, 6.45) is 1.78. The second kappa shape index (κ2) is 5.44. The van der Waals surface area contributed by atoms with E-state index < -0.39 is 10.8 Å². The van der Waals surface area contributed by atoms with E-state index in [9.17, 15) is 4.21 Å². The fourth-order valence-electron chi connectivity index (χ4n) is 2.80. The fourth-order valence-corrected chi connectivity index (χ4v) is 4.08. The van der Waals surface area contributed by atoms with Crippen molar-refractivity contribution in [1.82, 2.24) is 9.55 Å². The van der Waals surface area contributed by atoms with Crippen molar-refractivity contribution < 1.29 is 8.95 Å². The molecule has 1 aliphatic heterocycles. The molecule has 0 amide bonds. The standard InChI is InChI=1S/C14H19N3O2S/c1-2-19-12-5-3-4-11-13(12)16-14(15)17(11)10-6-8-20(18)9-7-10/h3-5,10H,2,6-9H2,1H3,(H2,15,16). The third kappa shape index (κ3) is 2.28.